The van der Waals surface area contributed by atoms with Crippen LogP contribution in [0.25, 0.3) is 0 Å². The molecule has 1 aliphatic heterocycles. The zero-order valence-electron chi connectivity index (χ0n) is 12.8. The normalized spacial score (nSPS) is 22.8. The SMILES string of the molecule is CCCNC(CN1CCCCCC1CC)C(=O)OC. The van der Waals surface area contributed by atoms with Gasteiger partial charge in [0.25, 0.3) is 0 Å². The highest BCUT2D eigenvalue weighted by Crippen LogP contribution is 2.19. The van der Waals surface area contributed by atoms with Gasteiger partial charge in [0, 0.05) is 12.6 Å². The number of hydrogen-bond donors (Lipinski definition) is 1. The molecule has 1 saturated heterocycles. The van der Waals surface area contributed by atoms with Gasteiger partial charge in [0.15, 0.2) is 0 Å². The maximum atomic E-state index is 11.9. The third-order valence-electron chi connectivity index (χ3n) is 4.01. The first-order valence-electron chi connectivity index (χ1n) is 7.78. The maximum Gasteiger partial charge on any atom is 0.324 e. The van der Waals surface area contributed by atoms with Gasteiger partial charge in [0.2, 0.25) is 0 Å². The Hall–Kier alpha value is -0.610. The molecular weight excluding hydrogens is 240 g/mol. The molecule has 0 aromatic carbocycles. The summed E-state index contributed by atoms with van der Waals surface area (Å²) >= 11 is 0. The molecule has 0 aromatic heterocycles. The molecule has 0 amide bonds. The van der Waals surface area contributed by atoms with Crippen molar-refractivity contribution >= 4 is 5.97 Å². The first kappa shape index (κ1) is 16.4. The summed E-state index contributed by atoms with van der Waals surface area (Å²) < 4.78 is 4.92. The fraction of sp³-hybridized carbons (Fsp3) is 0.933. The molecule has 2 unspecified atom stereocenters. The Morgan fingerprint density at radius 3 is 2.79 bits per heavy atom. The van der Waals surface area contributed by atoms with Gasteiger partial charge < -0.3 is 10.1 Å². The molecule has 1 aliphatic rings. The van der Waals surface area contributed by atoms with E-state index in [1.807, 2.05) is 0 Å². The van der Waals surface area contributed by atoms with Crippen LogP contribution in [0.3, 0.4) is 0 Å². The summed E-state index contributed by atoms with van der Waals surface area (Å²) in [6, 6.07) is 0.440. The van der Waals surface area contributed by atoms with Crippen LogP contribution in [0.5, 0.6) is 0 Å². The summed E-state index contributed by atoms with van der Waals surface area (Å²) in [5.41, 5.74) is 0. The largest absolute Gasteiger partial charge is 0.468 e. The summed E-state index contributed by atoms with van der Waals surface area (Å²) in [4.78, 5) is 14.3. The lowest BCUT2D eigenvalue weighted by molar-refractivity contribution is -0.143. The predicted octanol–water partition coefficient (Wildman–Crippen LogP) is 2.18. The fourth-order valence-corrected chi connectivity index (χ4v) is 2.86. The number of nitrogens with one attached hydrogen (secondary N) is 1. The van der Waals surface area contributed by atoms with E-state index in [1.165, 1.54) is 39.2 Å². The third kappa shape index (κ3) is 5.49. The second-order valence-electron chi connectivity index (χ2n) is 5.44. The molecule has 1 rings (SSSR count). The van der Waals surface area contributed by atoms with Crippen LogP contribution in [-0.2, 0) is 9.53 Å². The van der Waals surface area contributed by atoms with Crippen LogP contribution in [0.4, 0.5) is 0 Å². The molecule has 0 saturated carbocycles. The van der Waals surface area contributed by atoms with Gasteiger partial charge in [-0.2, -0.15) is 0 Å². The zero-order chi connectivity index (χ0) is 14.1. The molecule has 0 spiro atoms. The van der Waals surface area contributed by atoms with Crippen molar-refractivity contribution in [1.29, 1.82) is 0 Å². The van der Waals surface area contributed by atoms with E-state index in [9.17, 15) is 4.79 Å². The average Bonchev–Trinajstić information content (AvgIpc) is 2.67. The monoisotopic (exact) mass is 270 g/mol. The first-order valence-corrected chi connectivity index (χ1v) is 7.78. The molecule has 112 valence electrons. The van der Waals surface area contributed by atoms with E-state index in [2.05, 4.69) is 24.1 Å². The minimum Gasteiger partial charge on any atom is -0.468 e. The Bertz CT molecular complexity index is 259. The van der Waals surface area contributed by atoms with Crippen molar-refractivity contribution < 1.29 is 9.53 Å². The molecule has 19 heavy (non-hydrogen) atoms. The minimum atomic E-state index is -0.183. The summed E-state index contributed by atoms with van der Waals surface area (Å²) in [6.07, 6.45) is 7.35. The van der Waals surface area contributed by atoms with Crippen LogP contribution in [-0.4, -0.2) is 49.7 Å². The lowest BCUT2D eigenvalue weighted by Crippen LogP contribution is -2.49. The van der Waals surface area contributed by atoms with Gasteiger partial charge >= 0.3 is 5.97 Å². The van der Waals surface area contributed by atoms with Crippen molar-refractivity contribution in [3.05, 3.63) is 0 Å². The maximum absolute atomic E-state index is 11.9. The van der Waals surface area contributed by atoms with E-state index in [0.29, 0.717) is 6.04 Å². The Morgan fingerprint density at radius 2 is 2.16 bits per heavy atom. The molecule has 1 N–H and O–H groups in total. The van der Waals surface area contributed by atoms with E-state index in [1.54, 1.807) is 0 Å². The average molecular weight is 270 g/mol. The van der Waals surface area contributed by atoms with Crippen molar-refractivity contribution in [2.75, 3.05) is 26.7 Å². The van der Waals surface area contributed by atoms with Crippen LogP contribution in [0.15, 0.2) is 0 Å². The van der Waals surface area contributed by atoms with Crippen LogP contribution in [0, 0.1) is 0 Å². The molecule has 2 atom stereocenters. The number of esters is 1. The highest BCUT2D eigenvalue weighted by atomic mass is 16.5. The summed E-state index contributed by atoms with van der Waals surface area (Å²) in [6.45, 7) is 7.12. The zero-order valence-corrected chi connectivity index (χ0v) is 12.8. The second kappa shape index (κ2) is 9.32. The van der Waals surface area contributed by atoms with E-state index >= 15 is 0 Å². The van der Waals surface area contributed by atoms with Crippen LogP contribution in [0.2, 0.25) is 0 Å². The quantitative estimate of drug-likeness (QED) is 0.720. The lowest BCUT2D eigenvalue weighted by Gasteiger charge is -2.32. The van der Waals surface area contributed by atoms with Crippen LogP contribution < -0.4 is 5.32 Å². The van der Waals surface area contributed by atoms with Gasteiger partial charge in [-0.15, -0.1) is 0 Å². The molecule has 1 fully saturated rings. The van der Waals surface area contributed by atoms with Gasteiger partial charge in [0.05, 0.1) is 7.11 Å². The number of carbonyl (C=O) groups is 1. The summed E-state index contributed by atoms with van der Waals surface area (Å²) in [7, 11) is 1.47. The molecule has 0 bridgehead atoms. The number of ether oxygens (including phenoxy) is 1. The van der Waals surface area contributed by atoms with Crippen molar-refractivity contribution in [2.45, 2.75) is 64.5 Å². The van der Waals surface area contributed by atoms with Crippen molar-refractivity contribution in [3.63, 3.8) is 0 Å². The Balaban J connectivity index is 2.60. The van der Waals surface area contributed by atoms with Crippen molar-refractivity contribution in [3.8, 4) is 0 Å². The number of likely N-dealkylation sites (tertiary alicyclic amines) is 1. The van der Waals surface area contributed by atoms with Gasteiger partial charge in [-0.3, -0.25) is 9.69 Å². The number of carbonyl (C=O) groups excluding carboxylic acids is 1. The smallest absolute Gasteiger partial charge is 0.324 e. The molecule has 0 radical (unpaired) electrons. The Kier molecular flexibility index (Phi) is 8.07. The fourth-order valence-electron chi connectivity index (χ4n) is 2.86. The number of hydrogen-bond acceptors (Lipinski definition) is 4. The number of methoxy groups -OCH3 is 1. The van der Waals surface area contributed by atoms with Gasteiger partial charge in [0.1, 0.15) is 6.04 Å². The van der Waals surface area contributed by atoms with E-state index in [4.69, 9.17) is 4.74 Å². The highest BCUT2D eigenvalue weighted by Gasteiger charge is 2.26. The lowest BCUT2D eigenvalue weighted by atomic mass is 10.1. The van der Waals surface area contributed by atoms with Crippen LogP contribution >= 0.6 is 0 Å². The molecule has 1 heterocycles. The molecular formula is C15H30N2O2. The number of nitrogens with zero attached hydrogens (tertiary/aromatic N) is 1. The minimum absolute atomic E-state index is 0.132. The molecule has 4 heteroatoms. The Labute approximate surface area is 117 Å². The first-order chi connectivity index (χ1) is 9.22. The number of rotatable bonds is 7. The predicted molar refractivity (Wildman–Crippen MR) is 78.2 cm³/mol. The van der Waals surface area contributed by atoms with Crippen molar-refractivity contribution in [2.24, 2.45) is 0 Å². The molecule has 0 aliphatic carbocycles. The molecule has 0 aromatic rings. The van der Waals surface area contributed by atoms with E-state index in [0.717, 1.165) is 26.1 Å². The third-order valence-corrected chi connectivity index (χ3v) is 4.01. The van der Waals surface area contributed by atoms with E-state index in [-0.39, 0.29) is 12.0 Å². The summed E-state index contributed by atoms with van der Waals surface area (Å²) in [5, 5.41) is 3.32. The summed E-state index contributed by atoms with van der Waals surface area (Å²) in [5.74, 6) is -0.132. The van der Waals surface area contributed by atoms with Gasteiger partial charge in [-0.25, -0.2) is 0 Å². The van der Waals surface area contributed by atoms with Gasteiger partial charge in [-0.05, 0) is 38.8 Å². The second-order valence-corrected chi connectivity index (χ2v) is 5.44. The topological polar surface area (TPSA) is 41.6 Å². The van der Waals surface area contributed by atoms with Gasteiger partial charge in [-0.1, -0.05) is 26.7 Å². The molecule has 4 nitrogen and oxygen atoms in total. The highest BCUT2D eigenvalue weighted by molar-refractivity contribution is 5.75. The van der Waals surface area contributed by atoms with Crippen LogP contribution in [0.1, 0.15) is 52.4 Å². The standard InChI is InChI=1S/C15H30N2O2/c1-4-10-16-14(15(18)19-3)12-17-11-8-6-7-9-13(17)5-2/h13-14,16H,4-12H2,1-3H3. The van der Waals surface area contributed by atoms with E-state index < -0.39 is 0 Å². The van der Waals surface area contributed by atoms with Crippen molar-refractivity contribution in [1.82, 2.24) is 10.2 Å². The Morgan fingerprint density at radius 1 is 1.37 bits per heavy atom.